The second kappa shape index (κ2) is 11.5. The summed E-state index contributed by atoms with van der Waals surface area (Å²) >= 11 is 0. The quantitative estimate of drug-likeness (QED) is 0.320. The molecule has 2 N–H and O–H groups in total. The van der Waals surface area contributed by atoms with Crippen molar-refractivity contribution in [1.29, 1.82) is 0 Å². The Labute approximate surface area is 204 Å². The third kappa shape index (κ3) is 6.48. The lowest BCUT2D eigenvalue weighted by Crippen LogP contribution is -2.14. The van der Waals surface area contributed by atoms with E-state index in [9.17, 15) is 4.79 Å². The number of nitrogens with zero attached hydrogens (tertiary/aromatic N) is 3. The van der Waals surface area contributed by atoms with Crippen LogP contribution in [-0.2, 0) is 13.1 Å². The van der Waals surface area contributed by atoms with Crippen molar-refractivity contribution < 1.29 is 14.3 Å². The summed E-state index contributed by atoms with van der Waals surface area (Å²) < 4.78 is 11.7. The molecule has 35 heavy (non-hydrogen) atoms. The van der Waals surface area contributed by atoms with Crippen molar-refractivity contribution in [3.05, 3.63) is 102 Å². The van der Waals surface area contributed by atoms with Crippen molar-refractivity contribution in [1.82, 2.24) is 14.8 Å². The first-order valence-corrected chi connectivity index (χ1v) is 11.1. The second-order valence-corrected chi connectivity index (χ2v) is 7.66. The number of benzene rings is 3. The van der Waals surface area contributed by atoms with E-state index in [0.29, 0.717) is 25.0 Å². The van der Waals surface area contributed by atoms with E-state index in [-0.39, 0.29) is 5.91 Å². The molecule has 4 rings (SSSR count). The standard InChI is InChI=1S/C27H27N5O3/c1-34-23-13-8-21(9-14-23)18-28-26-30-27(29-19-22-10-15-24(35-2)16-11-22)32(31-26)25(33)17-12-20-6-4-3-5-7-20/h3-17H,18-19H2,1-2H3,(H2,28,29,30,31)/b17-12+. The van der Waals surface area contributed by atoms with Crippen LogP contribution in [0.25, 0.3) is 6.08 Å². The van der Waals surface area contributed by atoms with Gasteiger partial charge in [0.25, 0.3) is 5.91 Å². The van der Waals surface area contributed by atoms with Crippen LogP contribution in [0.2, 0.25) is 0 Å². The van der Waals surface area contributed by atoms with Gasteiger partial charge in [0.05, 0.1) is 14.2 Å². The average Bonchev–Trinajstić information content (AvgIpc) is 3.33. The van der Waals surface area contributed by atoms with E-state index >= 15 is 0 Å². The van der Waals surface area contributed by atoms with Crippen LogP contribution >= 0.6 is 0 Å². The van der Waals surface area contributed by atoms with Gasteiger partial charge < -0.3 is 20.1 Å². The zero-order valence-corrected chi connectivity index (χ0v) is 19.6. The fourth-order valence-electron chi connectivity index (χ4n) is 3.31. The first-order valence-electron chi connectivity index (χ1n) is 11.1. The molecule has 0 aliphatic rings. The Morgan fingerprint density at radius 1 is 0.829 bits per heavy atom. The Morgan fingerprint density at radius 3 is 1.97 bits per heavy atom. The summed E-state index contributed by atoms with van der Waals surface area (Å²) in [6, 6.07) is 25.0. The van der Waals surface area contributed by atoms with Gasteiger partial charge in [0, 0.05) is 19.2 Å². The monoisotopic (exact) mass is 469 g/mol. The summed E-state index contributed by atoms with van der Waals surface area (Å²) in [5.41, 5.74) is 2.97. The van der Waals surface area contributed by atoms with Gasteiger partial charge in [-0.2, -0.15) is 9.67 Å². The molecule has 0 aliphatic heterocycles. The molecule has 4 aromatic rings. The van der Waals surface area contributed by atoms with Gasteiger partial charge in [0.15, 0.2) is 0 Å². The first-order chi connectivity index (χ1) is 17.1. The fraction of sp³-hybridized carbons (Fsp3) is 0.148. The van der Waals surface area contributed by atoms with Gasteiger partial charge in [-0.05, 0) is 47.0 Å². The molecule has 0 aliphatic carbocycles. The molecule has 0 bridgehead atoms. The minimum Gasteiger partial charge on any atom is -0.497 e. The predicted molar refractivity (Wildman–Crippen MR) is 137 cm³/mol. The lowest BCUT2D eigenvalue weighted by Gasteiger charge is -2.06. The van der Waals surface area contributed by atoms with Gasteiger partial charge in [-0.1, -0.05) is 54.6 Å². The molecular weight excluding hydrogens is 442 g/mol. The molecule has 0 saturated heterocycles. The summed E-state index contributed by atoms with van der Waals surface area (Å²) in [6.07, 6.45) is 3.23. The van der Waals surface area contributed by atoms with Crippen LogP contribution in [0.3, 0.4) is 0 Å². The van der Waals surface area contributed by atoms with Crippen LogP contribution < -0.4 is 20.1 Å². The Hall–Kier alpha value is -4.59. The molecule has 0 spiro atoms. The molecule has 0 saturated carbocycles. The highest BCUT2D eigenvalue weighted by molar-refractivity contribution is 5.94. The van der Waals surface area contributed by atoms with Gasteiger partial charge in [-0.15, -0.1) is 5.10 Å². The minimum absolute atomic E-state index is 0.309. The Morgan fingerprint density at radius 2 is 1.40 bits per heavy atom. The van der Waals surface area contributed by atoms with Crippen LogP contribution in [0.4, 0.5) is 11.9 Å². The SMILES string of the molecule is COc1ccc(CNc2nc(NCc3ccc(OC)cc3)n(C(=O)/C=C/c3ccccc3)n2)cc1. The number of carbonyl (C=O) groups is 1. The number of aromatic nitrogens is 3. The Balaban J connectivity index is 1.50. The Bertz CT molecular complexity index is 1270. The zero-order chi connectivity index (χ0) is 24.5. The molecule has 0 amide bonds. The highest BCUT2D eigenvalue weighted by Crippen LogP contribution is 2.16. The van der Waals surface area contributed by atoms with Crippen molar-refractivity contribution in [2.45, 2.75) is 13.1 Å². The third-order valence-electron chi connectivity index (χ3n) is 5.25. The summed E-state index contributed by atoms with van der Waals surface area (Å²) in [6.45, 7) is 0.969. The maximum Gasteiger partial charge on any atom is 0.274 e. The largest absolute Gasteiger partial charge is 0.497 e. The maximum absolute atomic E-state index is 13.0. The van der Waals surface area contributed by atoms with E-state index in [1.807, 2.05) is 78.9 Å². The second-order valence-electron chi connectivity index (χ2n) is 7.66. The van der Waals surface area contributed by atoms with E-state index in [4.69, 9.17) is 9.47 Å². The molecule has 0 fully saturated rings. The number of anilines is 2. The van der Waals surface area contributed by atoms with Gasteiger partial charge in [0.1, 0.15) is 11.5 Å². The summed E-state index contributed by atoms with van der Waals surface area (Å²) in [5.74, 6) is 1.96. The fourth-order valence-corrected chi connectivity index (χ4v) is 3.31. The average molecular weight is 470 g/mol. The van der Waals surface area contributed by atoms with Crippen molar-refractivity contribution in [2.75, 3.05) is 24.9 Å². The summed E-state index contributed by atoms with van der Waals surface area (Å²) in [7, 11) is 3.26. The number of rotatable bonds is 10. The van der Waals surface area contributed by atoms with Crippen LogP contribution in [-0.4, -0.2) is 34.9 Å². The van der Waals surface area contributed by atoms with Crippen molar-refractivity contribution in [3.8, 4) is 11.5 Å². The van der Waals surface area contributed by atoms with E-state index in [0.717, 1.165) is 28.2 Å². The number of nitrogens with one attached hydrogen (secondary N) is 2. The van der Waals surface area contributed by atoms with Crippen LogP contribution in [0, 0.1) is 0 Å². The molecule has 1 aromatic heterocycles. The van der Waals surface area contributed by atoms with Crippen LogP contribution in [0.1, 0.15) is 21.5 Å². The van der Waals surface area contributed by atoms with Gasteiger partial charge in [-0.25, -0.2) is 0 Å². The van der Waals surface area contributed by atoms with E-state index < -0.39 is 0 Å². The predicted octanol–water partition coefficient (Wildman–Crippen LogP) is 4.87. The highest BCUT2D eigenvalue weighted by atomic mass is 16.5. The third-order valence-corrected chi connectivity index (χ3v) is 5.25. The van der Waals surface area contributed by atoms with E-state index in [1.54, 1.807) is 20.3 Å². The molecule has 3 aromatic carbocycles. The number of allylic oxidation sites excluding steroid dienone is 1. The van der Waals surface area contributed by atoms with E-state index in [2.05, 4.69) is 20.7 Å². The first kappa shape index (κ1) is 23.6. The lowest BCUT2D eigenvalue weighted by molar-refractivity contribution is 0.0957. The number of hydrogen-bond acceptors (Lipinski definition) is 7. The highest BCUT2D eigenvalue weighted by Gasteiger charge is 2.14. The molecule has 0 atom stereocenters. The number of methoxy groups -OCH3 is 2. The smallest absolute Gasteiger partial charge is 0.274 e. The van der Waals surface area contributed by atoms with Crippen LogP contribution in [0.5, 0.6) is 11.5 Å². The van der Waals surface area contributed by atoms with Crippen molar-refractivity contribution in [2.24, 2.45) is 0 Å². The molecule has 8 heteroatoms. The number of carbonyl (C=O) groups excluding carboxylic acids is 1. The summed E-state index contributed by atoms with van der Waals surface area (Å²) in [4.78, 5) is 17.5. The maximum atomic E-state index is 13.0. The number of ether oxygens (including phenoxy) is 2. The van der Waals surface area contributed by atoms with Gasteiger partial charge >= 0.3 is 0 Å². The molecular formula is C27H27N5O3. The van der Waals surface area contributed by atoms with Gasteiger partial charge in [0.2, 0.25) is 11.9 Å². The zero-order valence-electron chi connectivity index (χ0n) is 19.6. The normalized spacial score (nSPS) is 10.8. The van der Waals surface area contributed by atoms with Crippen molar-refractivity contribution >= 4 is 23.9 Å². The molecule has 0 radical (unpaired) electrons. The summed E-state index contributed by atoms with van der Waals surface area (Å²) in [5, 5.41) is 10.8. The van der Waals surface area contributed by atoms with Crippen LogP contribution in [0.15, 0.2) is 84.9 Å². The molecule has 1 heterocycles. The topological polar surface area (TPSA) is 90.3 Å². The van der Waals surface area contributed by atoms with Gasteiger partial charge in [-0.3, -0.25) is 4.79 Å². The molecule has 178 valence electrons. The minimum atomic E-state index is -0.309. The Kier molecular flexibility index (Phi) is 7.75. The molecule has 0 unspecified atom stereocenters. The number of hydrogen-bond donors (Lipinski definition) is 2. The molecule has 8 nitrogen and oxygen atoms in total. The van der Waals surface area contributed by atoms with E-state index in [1.165, 1.54) is 10.8 Å². The lowest BCUT2D eigenvalue weighted by atomic mass is 10.2. The van der Waals surface area contributed by atoms with Crippen molar-refractivity contribution in [3.63, 3.8) is 0 Å².